The van der Waals surface area contributed by atoms with Crippen molar-refractivity contribution in [1.82, 2.24) is 20.4 Å². The third-order valence-corrected chi connectivity index (χ3v) is 4.53. The van der Waals surface area contributed by atoms with Gasteiger partial charge in [-0.15, -0.1) is 0 Å². The predicted octanol–water partition coefficient (Wildman–Crippen LogP) is 4.34. The minimum Gasteiger partial charge on any atom is -0.359 e. The van der Waals surface area contributed by atoms with Gasteiger partial charge in [0.1, 0.15) is 0 Å². The van der Waals surface area contributed by atoms with E-state index in [-0.39, 0.29) is 18.4 Å². The van der Waals surface area contributed by atoms with Crippen LogP contribution in [0.5, 0.6) is 0 Å². The molecule has 0 aliphatic rings. The van der Waals surface area contributed by atoms with Crippen LogP contribution in [0.3, 0.4) is 0 Å². The topological polar surface area (TPSA) is 80.9 Å². The summed E-state index contributed by atoms with van der Waals surface area (Å²) in [5, 5.41) is 7.76. The molecule has 1 N–H and O–H groups in total. The zero-order valence-electron chi connectivity index (χ0n) is 15.7. The summed E-state index contributed by atoms with van der Waals surface area (Å²) in [4.78, 5) is 21.7. The zero-order chi connectivity index (χ0) is 19.5. The highest BCUT2D eigenvalue weighted by Crippen LogP contribution is 2.24. The van der Waals surface area contributed by atoms with E-state index in [1.54, 1.807) is 12.4 Å². The number of hydrogen-bond acceptors (Lipinski definition) is 5. The van der Waals surface area contributed by atoms with E-state index >= 15 is 0 Å². The van der Waals surface area contributed by atoms with Gasteiger partial charge in [-0.3, -0.25) is 9.78 Å². The number of para-hydroxylation sites is 1. The highest BCUT2D eigenvalue weighted by molar-refractivity contribution is 6.07. The maximum atomic E-state index is 12.9. The van der Waals surface area contributed by atoms with Crippen LogP contribution >= 0.6 is 0 Å². The maximum Gasteiger partial charge on any atom is 0.252 e. The van der Waals surface area contributed by atoms with Gasteiger partial charge in [-0.2, -0.15) is 0 Å². The van der Waals surface area contributed by atoms with Gasteiger partial charge in [0, 0.05) is 29.4 Å². The Labute approximate surface area is 162 Å². The number of amides is 1. The molecule has 1 amide bonds. The van der Waals surface area contributed by atoms with Crippen LogP contribution in [0.15, 0.2) is 65.4 Å². The number of nitrogens with one attached hydrogen (secondary N) is 1. The smallest absolute Gasteiger partial charge is 0.252 e. The van der Waals surface area contributed by atoms with Crippen LogP contribution in [0.2, 0.25) is 0 Å². The molecule has 0 unspecified atom stereocenters. The van der Waals surface area contributed by atoms with Crippen LogP contribution in [0.1, 0.15) is 41.6 Å². The van der Waals surface area contributed by atoms with Gasteiger partial charge in [-0.25, -0.2) is 4.98 Å². The molecule has 0 aliphatic carbocycles. The first-order chi connectivity index (χ1) is 13.6. The third kappa shape index (κ3) is 3.62. The Morgan fingerprint density at radius 2 is 1.89 bits per heavy atom. The Morgan fingerprint density at radius 3 is 2.64 bits per heavy atom. The second-order valence-electron chi connectivity index (χ2n) is 6.86. The molecule has 1 aromatic carbocycles. The highest BCUT2D eigenvalue weighted by Gasteiger charge is 2.15. The van der Waals surface area contributed by atoms with Gasteiger partial charge in [-0.1, -0.05) is 37.2 Å². The van der Waals surface area contributed by atoms with Crippen LogP contribution in [0.25, 0.3) is 22.2 Å². The van der Waals surface area contributed by atoms with Gasteiger partial charge in [0.05, 0.1) is 29.0 Å². The maximum absolute atomic E-state index is 12.9. The van der Waals surface area contributed by atoms with Crippen molar-refractivity contribution >= 4 is 16.8 Å². The lowest BCUT2D eigenvalue weighted by atomic mass is 10.0. The average molecular weight is 372 g/mol. The van der Waals surface area contributed by atoms with Gasteiger partial charge in [0.15, 0.2) is 5.76 Å². The standard InChI is InChI=1S/C22H20N4O2/c1-14(2)20-11-16(28-26-20)13-24-22(27)18-12-21(15-7-9-23-10-8-15)25-19-6-4-3-5-17(18)19/h3-12,14H,13H2,1-2H3,(H,24,27). The van der Waals surface area contributed by atoms with Gasteiger partial charge in [0.2, 0.25) is 0 Å². The lowest BCUT2D eigenvalue weighted by Crippen LogP contribution is -2.23. The van der Waals surface area contributed by atoms with Crippen molar-refractivity contribution in [3.8, 4) is 11.3 Å². The minimum atomic E-state index is -0.184. The second kappa shape index (κ2) is 7.60. The quantitative estimate of drug-likeness (QED) is 0.564. The summed E-state index contributed by atoms with van der Waals surface area (Å²) in [5.41, 5.74) is 3.85. The van der Waals surface area contributed by atoms with Crippen molar-refractivity contribution in [2.75, 3.05) is 0 Å². The normalized spacial score (nSPS) is 11.1. The van der Waals surface area contributed by atoms with Crippen molar-refractivity contribution in [2.45, 2.75) is 26.3 Å². The molecule has 3 heterocycles. The SMILES string of the molecule is CC(C)c1cc(CNC(=O)c2cc(-c3ccncc3)nc3ccccc23)on1. The number of nitrogens with zero attached hydrogens (tertiary/aromatic N) is 3. The molecular formula is C22H20N4O2. The lowest BCUT2D eigenvalue weighted by molar-refractivity contribution is 0.0948. The Hall–Kier alpha value is -3.54. The molecule has 0 saturated carbocycles. The van der Waals surface area contributed by atoms with E-state index in [1.807, 2.05) is 62.4 Å². The molecule has 140 valence electrons. The summed E-state index contributed by atoms with van der Waals surface area (Å²) >= 11 is 0. The van der Waals surface area contributed by atoms with Crippen LogP contribution in [-0.4, -0.2) is 21.0 Å². The number of aromatic nitrogens is 3. The van der Waals surface area contributed by atoms with E-state index in [0.717, 1.165) is 27.9 Å². The number of hydrogen-bond donors (Lipinski definition) is 1. The molecule has 0 atom stereocenters. The molecule has 0 fully saturated rings. The molecule has 0 radical (unpaired) electrons. The molecule has 0 bridgehead atoms. The first-order valence-corrected chi connectivity index (χ1v) is 9.15. The van der Waals surface area contributed by atoms with Gasteiger partial charge < -0.3 is 9.84 Å². The Bertz CT molecular complexity index is 1120. The first kappa shape index (κ1) is 17.9. The van der Waals surface area contributed by atoms with Gasteiger partial charge in [0.25, 0.3) is 5.91 Å². The summed E-state index contributed by atoms with van der Waals surface area (Å²) in [6, 6.07) is 15.1. The van der Waals surface area contributed by atoms with E-state index in [9.17, 15) is 4.79 Å². The van der Waals surface area contributed by atoms with Crippen molar-refractivity contribution in [2.24, 2.45) is 0 Å². The van der Waals surface area contributed by atoms with Gasteiger partial charge >= 0.3 is 0 Å². The van der Waals surface area contributed by atoms with E-state index < -0.39 is 0 Å². The van der Waals surface area contributed by atoms with Crippen molar-refractivity contribution in [3.05, 3.63) is 77.9 Å². The lowest BCUT2D eigenvalue weighted by Gasteiger charge is -2.10. The van der Waals surface area contributed by atoms with Crippen LogP contribution in [0, 0.1) is 0 Å². The van der Waals surface area contributed by atoms with Crippen LogP contribution in [-0.2, 0) is 6.54 Å². The van der Waals surface area contributed by atoms with E-state index in [2.05, 4.69) is 15.5 Å². The fourth-order valence-electron chi connectivity index (χ4n) is 2.98. The molecule has 0 saturated heterocycles. The Balaban J connectivity index is 1.65. The molecule has 28 heavy (non-hydrogen) atoms. The van der Waals surface area contributed by atoms with Crippen LogP contribution < -0.4 is 5.32 Å². The fourth-order valence-corrected chi connectivity index (χ4v) is 2.98. The molecule has 6 heteroatoms. The largest absolute Gasteiger partial charge is 0.359 e. The molecule has 6 nitrogen and oxygen atoms in total. The number of benzene rings is 1. The second-order valence-corrected chi connectivity index (χ2v) is 6.86. The highest BCUT2D eigenvalue weighted by atomic mass is 16.5. The predicted molar refractivity (Wildman–Crippen MR) is 107 cm³/mol. The van der Waals surface area contributed by atoms with Gasteiger partial charge in [-0.05, 0) is 30.2 Å². The molecule has 3 aromatic heterocycles. The summed E-state index contributed by atoms with van der Waals surface area (Å²) < 4.78 is 5.31. The molecule has 4 aromatic rings. The number of carbonyl (C=O) groups is 1. The number of fused-ring (bicyclic) bond motifs is 1. The number of rotatable bonds is 5. The molecule has 0 spiro atoms. The average Bonchev–Trinajstić information content (AvgIpc) is 3.21. The fraction of sp³-hybridized carbons (Fsp3) is 0.182. The summed E-state index contributed by atoms with van der Waals surface area (Å²) in [6.07, 6.45) is 3.42. The number of carbonyl (C=O) groups excluding carboxylic acids is 1. The van der Waals surface area contributed by atoms with E-state index in [1.165, 1.54) is 0 Å². The summed E-state index contributed by atoms with van der Waals surface area (Å²) in [6.45, 7) is 4.37. The molecular weight excluding hydrogens is 352 g/mol. The monoisotopic (exact) mass is 372 g/mol. The van der Waals surface area contributed by atoms with Crippen molar-refractivity contribution < 1.29 is 9.32 Å². The zero-order valence-corrected chi connectivity index (χ0v) is 15.7. The first-order valence-electron chi connectivity index (χ1n) is 9.15. The Kier molecular flexibility index (Phi) is 4.85. The van der Waals surface area contributed by atoms with E-state index in [4.69, 9.17) is 9.51 Å². The minimum absolute atomic E-state index is 0.184. The van der Waals surface area contributed by atoms with Crippen molar-refractivity contribution in [1.29, 1.82) is 0 Å². The third-order valence-electron chi connectivity index (χ3n) is 4.53. The van der Waals surface area contributed by atoms with Crippen LogP contribution in [0.4, 0.5) is 0 Å². The van der Waals surface area contributed by atoms with E-state index in [0.29, 0.717) is 11.3 Å². The van der Waals surface area contributed by atoms with Crippen molar-refractivity contribution in [3.63, 3.8) is 0 Å². The number of pyridine rings is 2. The summed E-state index contributed by atoms with van der Waals surface area (Å²) in [5.74, 6) is 0.724. The molecule has 4 rings (SSSR count). The molecule has 0 aliphatic heterocycles. The summed E-state index contributed by atoms with van der Waals surface area (Å²) in [7, 11) is 0. The Morgan fingerprint density at radius 1 is 1.11 bits per heavy atom.